The van der Waals surface area contributed by atoms with Gasteiger partial charge < -0.3 is 9.73 Å². The molecule has 0 aromatic carbocycles. The fourth-order valence-corrected chi connectivity index (χ4v) is 4.35. The lowest BCUT2D eigenvalue weighted by Crippen LogP contribution is -2.24. The molecule has 118 valence electrons. The maximum Gasteiger partial charge on any atom is 0.244 e. The van der Waals surface area contributed by atoms with E-state index in [-0.39, 0.29) is 9.56 Å². The predicted octanol–water partition coefficient (Wildman–Crippen LogP) is 2.76. The van der Waals surface area contributed by atoms with Crippen molar-refractivity contribution in [1.29, 1.82) is 0 Å². The van der Waals surface area contributed by atoms with E-state index >= 15 is 0 Å². The first kappa shape index (κ1) is 15.5. The number of nitrogens with one attached hydrogen (secondary N) is 2. The van der Waals surface area contributed by atoms with Crippen LogP contribution in [0.3, 0.4) is 0 Å². The van der Waals surface area contributed by atoms with Crippen molar-refractivity contribution in [3.05, 3.63) is 16.5 Å². The van der Waals surface area contributed by atoms with Gasteiger partial charge in [-0.15, -0.1) is 0 Å². The van der Waals surface area contributed by atoms with Crippen molar-refractivity contribution in [3.63, 3.8) is 0 Å². The molecule has 1 aromatic rings. The molecule has 1 aromatic heterocycles. The van der Waals surface area contributed by atoms with Crippen LogP contribution in [0.15, 0.2) is 20.0 Å². The number of furan rings is 1. The summed E-state index contributed by atoms with van der Waals surface area (Å²) in [6, 6.07) is 2.16. The molecule has 1 heterocycles. The van der Waals surface area contributed by atoms with Crippen molar-refractivity contribution >= 4 is 26.0 Å². The van der Waals surface area contributed by atoms with E-state index in [4.69, 9.17) is 4.42 Å². The number of hydrogen-bond acceptors (Lipinski definition) is 4. The third-order valence-electron chi connectivity index (χ3n) is 3.92. The van der Waals surface area contributed by atoms with Gasteiger partial charge in [0.2, 0.25) is 10.0 Å². The molecule has 2 aliphatic rings. The molecule has 0 amide bonds. The quantitative estimate of drug-likeness (QED) is 0.650. The van der Waals surface area contributed by atoms with Gasteiger partial charge in [0.15, 0.2) is 4.67 Å². The normalized spacial score (nSPS) is 19.1. The van der Waals surface area contributed by atoms with Crippen LogP contribution in [0.5, 0.6) is 0 Å². The average molecular weight is 377 g/mol. The zero-order valence-electron chi connectivity index (χ0n) is 11.9. The van der Waals surface area contributed by atoms with E-state index in [9.17, 15) is 8.42 Å². The van der Waals surface area contributed by atoms with E-state index in [2.05, 4.69) is 26.0 Å². The Balaban J connectivity index is 1.54. The monoisotopic (exact) mass is 376 g/mol. The Morgan fingerprint density at radius 2 is 2.05 bits per heavy atom. The fourth-order valence-electron chi connectivity index (χ4n) is 2.28. The van der Waals surface area contributed by atoms with Crippen molar-refractivity contribution in [3.8, 4) is 0 Å². The van der Waals surface area contributed by atoms with E-state index in [1.165, 1.54) is 25.7 Å². The van der Waals surface area contributed by atoms with Gasteiger partial charge in [0.25, 0.3) is 0 Å². The van der Waals surface area contributed by atoms with E-state index in [0.717, 1.165) is 18.8 Å². The van der Waals surface area contributed by atoms with Crippen LogP contribution in [0.2, 0.25) is 0 Å². The standard InChI is InChI=1S/C14H21BrN2O3S/c15-14-13(8-12(20-14)9-16-11-5-6-11)21(18,19)17-7-1-2-10-3-4-10/h8,10-11,16-17H,1-7,9H2. The molecule has 0 radical (unpaired) electrons. The third kappa shape index (κ3) is 4.55. The Hall–Kier alpha value is -0.370. The van der Waals surface area contributed by atoms with Gasteiger partial charge in [-0.25, -0.2) is 13.1 Å². The Kier molecular flexibility index (Phi) is 4.73. The van der Waals surface area contributed by atoms with Crippen molar-refractivity contribution in [1.82, 2.24) is 10.0 Å². The summed E-state index contributed by atoms with van der Waals surface area (Å²) in [6.07, 6.45) is 7.00. The van der Waals surface area contributed by atoms with Crippen molar-refractivity contribution in [2.24, 2.45) is 5.92 Å². The number of rotatable bonds is 9. The Bertz CT molecular complexity index is 591. The lowest BCUT2D eigenvalue weighted by molar-refractivity contribution is 0.460. The lowest BCUT2D eigenvalue weighted by Gasteiger charge is -2.04. The molecular weight excluding hydrogens is 356 g/mol. The average Bonchev–Trinajstić information content (AvgIpc) is 3.33. The zero-order chi connectivity index (χ0) is 14.9. The molecule has 3 rings (SSSR count). The molecule has 2 saturated carbocycles. The van der Waals surface area contributed by atoms with Gasteiger partial charge in [0.05, 0.1) is 6.54 Å². The minimum absolute atomic E-state index is 0.196. The summed E-state index contributed by atoms with van der Waals surface area (Å²) in [5.74, 6) is 1.47. The maximum atomic E-state index is 12.3. The van der Waals surface area contributed by atoms with Gasteiger partial charge in [-0.05, 0) is 47.5 Å². The molecule has 2 aliphatic carbocycles. The molecule has 0 saturated heterocycles. The highest BCUT2D eigenvalue weighted by Crippen LogP contribution is 2.33. The molecule has 2 N–H and O–H groups in total. The minimum atomic E-state index is -3.49. The fraction of sp³-hybridized carbons (Fsp3) is 0.714. The number of halogens is 1. The van der Waals surface area contributed by atoms with Gasteiger partial charge in [0, 0.05) is 18.7 Å². The number of sulfonamides is 1. The first-order chi connectivity index (χ1) is 10.0. The molecule has 0 atom stereocenters. The Labute approximate surface area is 134 Å². The van der Waals surface area contributed by atoms with Crippen molar-refractivity contribution in [2.75, 3.05) is 6.54 Å². The highest BCUT2D eigenvalue weighted by molar-refractivity contribution is 9.10. The molecule has 0 bridgehead atoms. The van der Waals surface area contributed by atoms with Crippen LogP contribution in [0.1, 0.15) is 44.3 Å². The smallest absolute Gasteiger partial charge is 0.244 e. The summed E-state index contributed by atoms with van der Waals surface area (Å²) in [4.78, 5) is 0.196. The summed E-state index contributed by atoms with van der Waals surface area (Å²) in [7, 11) is -3.49. The second-order valence-electron chi connectivity index (χ2n) is 5.99. The molecule has 5 nitrogen and oxygen atoms in total. The third-order valence-corrected chi connectivity index (χ3v) is 6.23. The summed E-state index contributed by atoms with van der Waals surface area (Å²) < 4.78 is 32.9. The molecule has 0 spiro atoms. The molecule has 2 fully saturated rings. The van der Waals surface area contributed by atoms with Crippen LogP contribution in [0.4, 0.5) is 0 Å². The lowest BCUT2D eigenvalue weighted by atomic mass is 10.2. The minimum Gasteiger partial charge on any atom is -0.452 e. The molecule has 21 heavy (non-hydrogen) atoms. The van der Waals surface area contributed by atoms with Crippen LogP contribution >= 0.6 is 15.9 Å². The predicted molar refractivity (Wildman–Crippen MR) is 83.4 cm³/mol. The van der Waals surface area contributed by atoms with E-state index < -0.39 is 10.0 Å². The molecule has 0 unspecified atom stereocenters. The topological polar surface area (TPSA) is 71.3 Å². The summed E-state index contributed by atoms with van der Waals surface area (Å²) in [5.41, 5.74) is 0. The first-order valence-corrected chi connectivity index (χ1v) is 9.83. The maximum absolute atomic E-state index is 12.3. The van der Waals surface area contributed by atoms with Crippen LogP contribution in [0.25, 0.3) is 0 Å². The Morgan fingerprint density at radius 1 is 1.29 bits per heavy atom. The van der Waals surface area contributed by atoms with Gasteiger partial charge in [0.1, 0.15) is 10.7 Å². The summed E-state index contributed by atoms with van der Waals surface area (Å²) >= 11 is 3.20. The molecule has 0 aliphatic heterocycles. The van der Waals surface area contributed by atoms with Gasteiger partial charge in [-0.2, -0.15) is 0 Å². The Morgan fingerprint density at radius 3 is 2.71 bits per heavy atom. The SMILES string of the molecule is O=S(=O)(NCCCC1CC1)c1cc(CNC2CC2)oc1Br. The van der Waals surface area contributed by atoms with Crippen molar-refractivity contribution < 1.29 is 12.8 Å². The molecular formula is C14H21BrN2O3S. The number of hydrogen-bond donors (Lipinski definition) is 2. The van der Waals surface area contributed by atoms with E-state index in [1.54, 1.807) is 6.07 Å². The highest BCUT2D eigenvalue weighted by Gasteiger charge is 2.25. The summed E-state index contributed by atoms with van der Waals surface area (Å²) in [5, 5.41) is 3.31. The second-order valence-corrected chi connectivity index (χ2v) is 8.44. The van der Waals surface area contributed by atoms with Crippen LogP contribution in [0, 0.1) is 5.92 Å². The van der Waals surface area contributed by atoms with Crippen LogP contribution < -0.4 is 10.0 Å². The van der Waals surface area contributed by atoms with E-state index in [0.29, 0.717) is 24.9 Å². The van der Waals surface area contributed by atoms with Gasteiger partial charge >= 0.3 is 0 Å². The van der Waals surface area contributed by atoms with Crippen molar-refractivity contribution in [2.45, 2.75) is 56.0 Å². The summed E-state index contributed by atoms with van der Waals surface area (Å²) in [6.45, 7) is 1.06. The largest absolute Gasteiger partial charge is 0.452 e. The van der Waals surface area contributed by atoms with Gasteiger partial charge in [-0.3, -0.25) is 0 Å². The first-order valence-electron chi connectivity index (χ1n) is 7.56. The van der Waals surface area contributed by atoms with Crippen LogP contribution in [-0.4, -0.2) is 21.0 Å². The second kappa shape index (κ2) is 6.40. The van der Waals surface area contributed by atoms with E-state index in [1.807, 2.05) is 0 Å². The highest BCUT2D eigenvalue weighted by atomic mass is 79.9. The zero-order valence-corrected chi connectivity index (χ0v) is 14.3. The molecule has 7 heteroatoms. The van der Waals surface area contributed by atoms with Crippen LogP contribution in [-0.2, 0) is 16.6 Å². The van der Waals surface area contributed by atoms with Gasteiger partial charge in [-0.1, -0.05) is 12.8 Å².